The monoisotopic (exact) mass is 461 g/mol. The van der Waals surface area contributed by atoms with Gasteiger partial charge in [0.2, 0.25) is 0 Å². The fraction of sp³-hybridized carbons (Fsp3) is 0.333. The summed E-state index contributed by atoms with van der Waals surface area (Å²) in [7, 11) is 0. The molecule has 6 heteroatoms. The number of fused-ring (bicyclic) bond motifs is 1. The second-order valence-electron chi connectivity index (χ2n) is 9.13. The van der Waals surface area contributed by atoms with Crippen LogP contribution in [0.3, 0.4) is 0 Å². The number of rotatable bonds is 6. The van der Waals surface area contributed by atoms with E-state index < -0.39 is 0 Å². The molecule has 5 rings (SSSR count). The zero-order valence-electron chi connectivity index (χ0n) is 18.5. The van der Waals surface area contributed by atoms with Gasteiger partial charge in [-0.25, -0.2) is 0 Å². The van der Waals surface area contributed by atoms with Crippen molar-refractivity contribution in [1.29, 1.82) is 0 Å². The molecule has 3 aromatic carbocycles. The minimum Gasteiger partial charge on any atom is -0.296 e. The highest BCUT2D eigenvalue weighted by molar-refractivity contribution is 6.31. The molecule has 2 aliphatic heterocycles. The quantitative estimate of drug-likeness (QED) is 0.347. The summed E-state index contributed by atoms with van der Waals surface area (Å²) < 4.78 is 0. The molecule has 0 N–H and O–H groups in total. The van der Waals surface area contributed by atoms with Gasteiger partial charge in [0, 0.05) is 54.8 Å². The first-order chi connectivity index (χ1) is 16.1. The lowest BCUT2D eigenvalue weighted by atomic mass is 9.82. The number of nitrogens with zero attached hydrogens (tertiary/aromatic N) is 3. The molecule has 2 unspecified atom stereocenters. The first-order valence-electron chi connectivity index (χ1n) is 11.6. The zero-order valence-corrected chi connectivity index (χ0v) is 19.3. The van der Waals surface area contributed by atoms with Gasteiger partial charge in [0.15, 0.2) is 0 Å². The van der Waals surface area contributed by atoms with Crippen LogP contribution in [0.4, 0.5) is 5.69 Å². The lowest BCUT2D eigenvalue weighted by Gasteiger charge is -2.47. The van der Waals surface area contributed by atoms with Crippen LogP contribution in [0.25, 0.3) is 0 Å². The van der Waals surface area contributed by atoms with E-state index >= 15 is 0 Å². The lowest BCUT2D eigenvalue weighted by Crippen LogP contribution is -2.57. The summed E-state index contributed by atoms with van der Waals surface area (Å²) in [4.78, 5) is 16.1. The Bertz CT molecular complexity index is 1070. The summed E-state index contributed by atoms with van der Waals surface area (Å²) in [5.41, 5.74) is 3.58. The predicted octanol–water partition coefficient (Wildman–Crippen LogP) is 5.73. The van der Waals surface area contributed by atoms with Gasteiger partial charge in [-0.05, 0) is 42.1 Å². The van der Waals surface area contributed by atoms with Gasteiger partial charge in [0.1, 0.15) is 0 Å². The molecule has 0 radical (unpaired) electrons. The Morgan fingerprint density at radius 1 is 0.970 bits per heavy atom. The van der Waals surface area contributed by atoms with Gasteiger partial charge in [0.25, 0.3) is 5.69 Å². The van der Waals surface area contributed by atoms with Crippen LogP contribution in [0, 0.1) is 10.1 Å². The molecule has 2 fully saturated rings. The maximum Gasteiger partial charge on any atom is 0.269 e. The van der Waals surface area contributed by atoms with E-state index in [4.69, 9.17) is 11.6 Å². The Morgan fingerprint density at radius 3 is 2.27 bits per heavy atom. The van der Waals surface area contributed by atoms with Crippen molar-refractivity contribution in [3.05, 3.63) is 111 Å². The van der Waals surface area contributed by atoms with E-state index in [2.05, 4.69) is 70.5 Å². The minimum atomic E-state index is -0.349. The van der Waals surface area contributed by atoms with Gasteiger partial charge in [-0.15, -0.1) is 0 Å². The molecule has 0 amide bonds. The van der Waals surface area contributed by atoms with Crippen molar-refractivity contribution in [3.63, 3.8) is 0 Å². The summed E-state index contributed by atoms with van der Waals surface area (Å²) in [6.45, 7) is 3.60. The molecule has 170 valence electrons. The highest BCUT2D eigenvalue weighted by Crippen LogP contribution is 2.38. The molecule has 33 heavy (non-hydrogen) atoms. The average Bonchev–Trinajstić information content (AvgIpc) is 3.31. The van der Waals surface area contributed by atoms with Gasteiger partial charge in [-0.1, -0.05) is 72.3 Å². The van der Waals surface area contributed by atoms with Crippen molar-refractivity contribution in [2.75, 3.05) is 19.6 Å². The Hall–Kier alpha value is -2.73. The van der Waals surface area contributed by atoms with E-state index in [0.717, 1.165) is 25.2 Å². The fourth-order valence-corrected chi connectivity index (χ4v) is 5.83. The number of piperazine rings is 1. The number of halogens is 1. The van der Waals surface area contributed by atoms with Crippen LogP contribution in [-0.2, 0) is 6.54 Å². The molecule has 2 saturated heterocycles. The highest BCUT2D eigenvalue weighted by Gasteiger charge is 2.41. The van der Waals surface area contributed by atoms with Crippen molar-refractivity contribution in [1.82, 2.24) is 9.80 Å². The van der Waals surface area contributed by atoms with Crippen LogP contribution in [0.1, 0.15) is 35.4 Å². The maximum atomic E-state index is 11.3. The van der Waals surface area contributed by atoms with Crippen LogP contribution >= 0.6 is 11.6 Å². The Balaban J connectivity index is 1.48. The van der Waals surface area contributed by atoms with Gasteiger partial charge in [-0.2, -0.15) is 0 Å². The maximum absolute atomic E-state index is 11.3. The first kappa shape index (κ1) is 22.1. The van der Waals surface area contributed by atoms with E-state index in [9.17, 15) is 10.1 Å². The average molecular weight is 462 g/mol. The Kier molecular flexibility index (Phi) is 6.45. The normalized spacial score (nSPS) is 21.3. The van der Waals surface area contributed by atoms with E-state index in [-0.39, 0.29) is 16.5 Å². The number of hydrogen-bond donors (Lipinski definition) is 0. The van der Waals surface area contributed by atoms with Gasteiger partial charge in [0.05, 0.1) is 4.92 Å². The first-order valence-corrected chi connectivity index (χ1v) is 12.0. The molecular weight excluding hydrogens is 434 g/mol. The molecule has 0 spiro atoms. The largest absolute Gasteiger partial charge is 0.296 e. The molecule has 2 heterocycles. The van der Waals surface area contributed by atoms with E-state index in [0.29, 0.717) is 23.7 Å². The molecule has 0 saturated carbocycles. The predicted molar refractivity (Wildman–Crippen MR) is 132 cm³/mol. The SMILES string of the molecule is O=[N+]([O-])c1ccc(Cl)c(CN2CC3CCCN3C(C(c3ccccc3)c3ccccc3)C2)c1. The van der Waals surface area contributed by atoms with Crippen LogP contribution in [-0.4, -0.2) is 46.4 Å². The van der Waals surface area contributed by atoms with E-state index in [1.54, 1.807) is 12.1 Å². The number of hydrogen-bond acceptors (Lipinski definition) is 4. The van der Waals surface area contributed by atoms with Crippen LogP contribution in [0.2, 0.25) is 5.02 Å². The third-order valence-electron chi connectivity index (χ3n) is 7.10. The molecule has 0 aliphatic carbocycles. The van der Waals surface area contributed by atoms with Crippen molar-refractivity contribution in [2.24, 2.45) is 0 Å². The topological polar surface area (TPSA) is 49.6 Å². The summed E-state index contributed by atoms with van der Waals surface area (Å²) in [6.07, 6.45) is 2.40. The molecule has 0 bridgehead atoms. The summed E-state index contributed by atoms with van der Waals surface area (Å²) in [5.74, 6) is 0.261. The molecule has 0 aromatic heterocycles. The number of non-ortho nitro benzene ring substituents is 1. The van der Waals surface area contributed by atoms with E-state index in [1.807, 2.05) is 0 Å². The summed E-state index contributed by atoms with van der Waals surface area (Å²) >= 11 is 6.46. The molecule has 2 aliphatic rings. The van der Waals surface area contributed by atoms with Crippen LogP contribution in [0.5, 0.6) is 0 Å². The molecule has 3 aromatic rings. The number of nitro groups is 1. The summed E-state index contributed by atoms with van der Waals surface area (Å²) in [5, 5.41) is 11.9. The van der Waals surface area contributed by atoms with Gasteiger partial charge in [-0.3, -0.25) is 19.9 Å². The second-order valence-corrected chi connectivity index (χ2v) is 9.53. The second kappa shape index (κ2) is 9.64. The van der Waals surface area contributed by atoms with Crippen molar-refractivity contribution in [3.8, 4) is 0 Å². The molecule has 5 nitrogen and oxygen atoms in total. The van der Waals surface area contributed by atoms with E-state index in [1.165, 1.54) is 30.0 Å². The number of nitro benzene ring substituents is 1. The standard InChI is InChI=1S/C27H28ClN3O2/c28-25-14-13-23(31(32)33)16-22(25)17-29-18-24-12-7-15-30(24)26(19-29)27(20-8-3-1-4-9-20)21-10-5-2-6-11-21/h1-6,8-11,13-14,16,24,26-27H,7,12,15,17-19H2. The minimum absolute atomic E-state index is 0.0944. The summed E-state index contributed by atoms with van der Waals surface area (Å²) in [6, 6.07) is 27.1. The highest BCUT2D eigenvalue weighted by atomic mass is 35.5. The number of benzene rings is 3. The fourth-order valence-electron chi connectivity index (χ4n) is 5.65. The smallest absolute Gasteiger partial charge is 0.269 e. The van der Waals surface area contributed by atoms with Gasteiger partial charge >= 0.3 is 0 Å². The van der Waals surface area contributed by atoms with Crippen molar-refractivity contribution >= 4 is 17.3 Å². The Labute approximate surface area is 199 Å². The van der Waals surface area contributed by atoms with Crippen LogP contribution in [0.15, 0.2) is 78.9 Å². The van der Waals surface area contributed by atoms with Gasteiger partial charge < -0.3 is 0 Å². The van der Waals surface area contributed by atoms with Crippen molar-refractivity contribution < 1.29 is 4.92 Å². The van der Waals surface area contributed by atoms with Crippen molar-refractivity contribution in [2.45, 2.75) is 37.4 Å². The Morgan fingerprint density at radius 2 is 1.64 bits per heavy atom. The van der Waals surface area contributed by atoms with Crippen LogP contribution < -0.4 is 0 Å². The molecule has 2 atom stereocenters. The lowest BCUT2D eigenvalue weighted by molar-refractivity contribution is -0.384. The third kappa shape index (κ3) is 4.67. The zero-order chi connectivity index (χ0) is 22.8. The molecular formula is C27H28ClN3O2. The third-order valence-corrected chi connectivity index (χ3v) is 7.47.